The third-order valence-corrected chi connectivity index (χ3v) is 6.57. The smallest absolute Gasteiger partial charge is 0.321 e. The van der Waals surface area contributed by atoms with E-state index in [1.54, 1.807) is 48.8 Å². The van der Waals surface area contributed by atoms with Crippen LogP contribution in [0.25, 0.3) is 17.0 Å². The van der Waals surface area contributed by atoms with Crippen LogP contribution in [0.5, 0.6) is 17.2 Å². The van der Waals surface area contributed by atoms with Gasteiger partial charge in [0.05, 0.1) is 12.6 Å². The number of carbonyl (C=O) groups is 1. The van der Waals surface area contributed by atoms with E-state index in [9.17, 15) is 4.79 Å². The van der Waals surface area contributed by atoms with Crippen LogP contribution in [0.3, 0.4) is 0 Å². The van der Waals surface area contributed by atoms with E-state index < -0.39 is 0 Å². The number of urea groups is 1. The molecule has 4 rings (SSSR count). The number of aromatic nitrogens is 2. The molecule has 2 heterocycles. The normalized spacial score (nSPS) is 14.0. The number of nitrogens with one attached hydrogen (secondary N) is 1. The van der Waals surface area contributed by atoms with Crippen molar-refractivity contribution in [2.45, 2.75) is 6.92 Å². The molecule has 9 heteroatoms. The highest BCUT2D eigenvalue weighted by Crippen LogP contribution is 2.35. The van der Waals surface area contributed by atoms with Gasteiger partial charge in [-0.15, -0.1) is 0 Å². The Kier molecular flexibility index (Phi) is 11.1. The Hall–Kier alpha value is -5.31. The van der Waals surface area contributed by atoms with Crippen LogP contribution in [-0.4, -0.2) is 60.8 Å². The zero-order chi connectivity index (χ0) is 30.4. The third-order valence-electron chi connectivity index (χ3n) is 6.57. The van der Waals surface area contributed by atoms with Crippen molar-refractivity contribution in [2.75, 3.05) is 44.8 Å². The summed E-state index contributed by atoms with van der Waals surface area (Å²) in [5.74, 6) is 3.24. The van der Waals surface area contributed by atoms with E-state index in [1.165, 1.54) is 0 Å². The molecule has 1 aliphatic heterocycles. The summed E-state index contributed by atoms with van der Waals surface area (Å²) >= 11 is 0. The maximum Gasteiger partial charge on any atom is 0.321 e. The van der Waals surface area contributed by atoms with Crippen LogP contribution < -0.4 is 24.4 Å². The van der Waals surface area contributed by atoms with Crippen molar-refractivity contribution in [1.82, 2.24) is 20.2 Å². The van der Waals surface area contributed by atoms with Crippen molar-refractivity contribution in [3.05, 3.63) is 116 Å². The molecular formula is C34H37N5O4. The first kappa shape index (κ1) is 30.6. The highest BCUT2D eigenvalue weighted by Gasteiger charge is 2.23. The Morgan fingerprint density at radius 3 is 2.63 bits per heavy atom. The van der Waals surface area contributed by atoms with Gasteiger partial charge in [0.15, 0.2) is 11.5 Å². The molecule has 0 atom stereocenters. The molecule has 9 nitrogen and oxygen atoms in total. The van der Waals surface area contributed by atoms with Gasteiger partial charge in [0.25, 0.3) is 0 Å². The van der Waals surface area contributed by atoms with Crippen molar-refractivity contribution in [1.29, 1.82) is 0 Å². The number of fused-ring (bicyclic) bond motifs is 1. The van der Waals surface area contributed by atoms with Crippen molar-refractivity contribution in [2.24, 2.45) is 0 Å². The van der Waals surface area contributed by atoms with E-state index in [4.69, 9.17) is 14.2 Å². The quantitative estimate of drug-likeness (QED) is 0.153. The highest BCUT2D eigenvalue weighted by atomic mass is 16.5. The van der Waals surface area contributed by atoms with Gasteiger partial charge in [-0.3, -0.25) is 0 Å². The van der Waals surface area contributed by atoms with Gasteiger partial charge in [-0.2, -0.15) is 0 Å². The number of ether oxygens (including phenoxy) is 3. The second-order valence-corrected chi connectivity index (χ2v) is 9.43. The number of anilines is 1. The number of rotatable bonds is 12. The lowest BCUT2D eigenvalue weighted by molar-refractivity contribution is 0.198. The van der Waals surface area contributed by atoms with E-state index in [2.05, 4.69) is 33.3 Å². The van der Waals surface area contributed by atoms with Crippen molar-refractivity contribution < 1.29 is 19.0 Å². The minimum Gasteiger partial charge on any atom is -0.493 e. The monoisotopic (exact) mass is 579 g/mol. The molecule has 2 aromatic carbocycles. The molecule has 0 spiro atoms. The molecule has 0 unspecified atom stereocenters. The minimum absolute atomic E-state index is 0.177. The zero-order valence-corrected chi connectivity index (χ0v) is 24.6. The predicted molar refractivity (Wildman–Crippen MR) is 172 cm³/mol. The van der Waals surface area contributed by atoms with Crippen LogP contribution >= 0.6 is 0 Å². The SMILES string of the molecule is C=CCOc1cc2ncnc(N3CCN(C(=O)N/C=C/C=C(\C=C)Oc4cccc(/C=C\C=C/C)c4)CC3)c2cc1OC. The Morgan fingerprint density at radius 1 is 1.05 bits per heavy atom. The fourth-order valence-corrected chi connectivity index (χ4v) is 4.44. The van der Waals surface area contributed by atoms with E-state index in [-0.39, 0.29) is 6.03 Å². The summed E-state index contributed by atoms with van der Waals surface area (Å²) in [6.45, 7) is 12.2. The average molecular weight is 580 g/mol. The zero-order valence-electron chi connectivity index (χ0n) is 24.6. The van der Waals surface area contributed by atoms with Gasteiger partial charge in [-0.1, -0.05) is 55.7 Å². The summed E-state index contributed by atoms with van der Waals surface area (Å²) in [4.78, 5) is 25.7. The van der Waals surface area contributed by atoms with Gasteiger partial charge >= 0.3 is 6.03 Å². The number of hydrogen-bond acceptors (Lipinski definition) is 7. The second kappa shape index (κ2) is 15.6. The van der Waals surface area contributed by atoms with Gasteiger partial charge in [0.1, 0.15) is 30.3 Å². The van der Waals surface area contributed by atoms with Crippen LogP contribution in [0.1, 0.15) is 12.5 Å². The number of piperazine rings is 1. The van der Waals surface area contributed by atoms with Gasteiger partial charge in [-0.25, -0.2) is 14.8 Å². The Bertz CT molecular complexity index is 1550. The molecule has 0 aliphatic carbocycles. The summed E-state index contributed by atoms with van der Waals surface area (Å²) in [6, 6.07) is 11.3. The van der Waals surface area contributed by atoms with Crippen LogP contribution in [0.2, 0.25) is 0 Å². The molecule has 1 N–H and O–H groups in total. The van der Waals surface area contributed by atoms with Gasteiger partial charge in [0, 0.05) is 43.8 Å². The fraction of sp³-hybridized carbons (Fsp3) is 0.206. The molecule has 3 aromatic rings. The van der Waals surface area contributed by atoms with Crippen molar-refractivity contribution >= 4 is 28.8 Å². The Morgan fingerprint density at radius 2 is 1.88 bits per heavy atom. The molecule has 0 bridgehead atoms. The van der Waals surface area contributed by atoms with Crippen LogP contribution in [-0.2, 0) is 0 Å². The van der Waals surface area contributed by atoms with E-state index in [0.29, 0.717) is 55.8 Å². The predicted octanol–water partition coefficient (Wildman–Crippen LogP) is 6.29. The molecular weight excluding hydrogens is 542 g/mol. The van der Waals surface area contributed by atoms with Crippen LogP contribution in [0.15, 0.2) is 110 Å². The van der Waals surface area contributed by atoms with E-state index in [1.807, 2.05) is 67.6 Å². The number of methoxy groups -OCH3 is 1. The maximum atomic E-state index is 12.8. The number of hydrogen-bond donors (Lipinski definition) is 1. The fourth-order valence-electron chi connectivity index (χ4n) is 4.44. The second-order valence-electron chi connectivity index (χ2n) is 9.43. The third kappa shape index (κ3) is 8.36. The molecule has 1 fully saturated rings. The minimum atomic E-state index is -0.177. The Balaban J connectivity index is 1.33. The molecule has 1 saturated heterocycles. The maximum absolute atomic E-state index is 12.8. The molecule has 2 amide bonds. The van der Waals surface area contributed by atoms with Gasteiger partial charge < -0.3 is 29.3 Å². The highest BCUT2D eigenvalue weighted by molar-refractivity contribution is 5.92. The van der Waals surface area contributed by atoms with Gasteiger partial charge in [0.2, 0.25) is 0 Å². The van der Waals surface area contributed by atoms with E-state index in [0.717, 1.165) is 22.3 Å². The summed E-state index contributed by atoms with van der Waals surface area (Å²) in [7, 11) is 1.60. The first-order valence-electron chi connectivity index (χ1n) is 14.0. The van der Waals surface area contributed by atoms with Crippen molar-refractivity contribution in [3.63, 3.8) is 0 Å². The van der Waals surface area contributed by atoms with Crippen LogP contribution in [0.4, 0.5) is 10.6 Å². The lowest BCUT2D eigenvalue weighted by Crippen LogP contribution is -2.51. The molecule has 43 heavy (non-hydrogen) atoms. The van der Waals surface area contributed by atoms with Crippen LogP contribution in [0, 0.1) is 0 Å². The topological polar surface area (TPSA) is 89.1 Å². The number of carbonyl (C=O) groups excluding carboxylic acids is 1. The summed E-state index contributed by atoms with van der Waals surface area (Å²) < 4.78 is 17.2. The standard InChI is InChI=1S/C34H37N5O4/c1-5-8-9-12-26-13-10-14-28(22-26)43-27(7-3)15-11-16-35-34(40)39-19-17-38(18-20-39)33-29-23-31(41-4)32(42-21-6-2)24-30(29)36-25-37-33/h5-16,22-25H,2-3,17-21H2,1,4H3,(H,35,40)/b8-5-,12-9-,16-11+,27-15+. The number of benzene rings is 2. The first-order valence-corrected chi connectivity index (χ1v) is 14.0. The van der Waals surface area contributed by atoms with E-state index >= 15 is 0 Å². The average Bonchev–Trinajstić information content (AvgIpc) is 3.04. The molecule has 1 aliphatic rings. The molecule has 222 valence electrons. The first-order chi connectivity index (χ1) is 21.1. The number of amides is 2. The summed E-state index contributed by atoms with van der Waals surface area (Å²) in [5, 5.41) is 3.69. The van der Waals surface area contributed by atoms with Gasteiger partial charge in [-0.05, 0) is 48.9 Å². The lowest BCUT2D eigenvalue weighted by atomic mass is 10.2. The molecule has 0 saturated carbocycles. The lowest BCUT2D eigenvalue weighted by Gasteiger charge is -2.35. The molecule has 0 radical (unpaired) electrons. The number of allylic oxidation sites excluding steroid dienone is 6. The summed E-state index contributed by atoms with van der Waals surface area (Å²) in [6.07, 6.45) is 17.8. The van der Waals surface area contributed by atoms with Crippen molar-refractivity contribution in [3.8, 4) is 17.2 Å². The molecule has 1 aromatic heterocycles. The summed E-state index contributed by atoms with van der Waals surface area (Å²) in [5.41, 5.74) is 1.78. The Labute approximate surface area is 252 Å². The largest absolute Gasteiger partial charge is 0.493 e. The number of nitrogens with zero attached hydrogens (tertiary/aromatic N) is 4.